The number of benzene rings is 1. The Morgan fingerprint density at radius 2 is 1.70 bits per heavy atom. The monoisotopic (exact) mass is 319 g/mol. The van der Waals surface area contributed by atoms with Crippen LogP contribution < -0.4 is 17.2 Å². The van der Waals surface area contributed by atoms with Gasteiger partial charge in [-0.2, -0.15) is 9.97 Å². The van der Waals surface area contributed by atoms with E-state index in [0.717, 1.165) is 0 Å². The Bertz CT molecular complexity index is 757. The van der Waals surface area contributed by atoms with Gasteiger partial charge in [-0.05, 0) is 5.56 Å². The average Bonchev–Trinajstić information content (AvgIpc) is 2.45. The molecule has 0 aliphatic rings. The molecule has 11 heteroatoms. The number of rotatable bonds is 5. The molecule has 0 saturated heterocycles. The number of nitro benzene ring substituents is 1. The molecule has 6 N–H and O–H groups in total. The number of anilines is 3. The first-order chi connectivity index (χ1) is 10.8. The Labute approximate surface area is 129 Å². The van der Waals surface area contributed by atoms with Gasteiger partial charge in [-0.3, -0.25) is 20.2 Å². The molecule has 1 atom stereocenters. The standard InChI is InChI=1S/C12H13N7O4/c13-10-9(11(14)17-12(15)16-10)8(5-18(20)21)6-2-1-3-7(4-6)19(22)23/h1-4,8H,5H2,(H6,13,14,15,16,17). The van der Waals surface area contributed by atoms with Crippen molar-refractivity contribution in [2.45, 2.75) is 5.92 Å². The van der Waals surface area contributed by atoms with E-state index in [0.29, 0.717) is 5.56 Å². The molecule has 1 aromatic heterocycles. The molecular weight excluding hydrogens is 306 g/mol. The Kier molecular flexibility index (Phi) is 4.21. The van der Waals surface area contributed by atoms with Gasteiger partial charge in [0.1, 0.15) is 11.6 Å². The highest BCUT2D eigenvalue weighted by Gasteiger charge is 2.27. The van der Waals surface area contributed by atoms with E-state index in [1.54, 1.807) is 0 Å². The van der Waals surface area contributed by atoms with Crippen molar-refractivity contribution < 1.29 is 9.85 Å². The topological polar surface area (TPSA) is 190 Å². The van der Waals surface area contributed by atoms with Crippen LogP contribution in [0.4, 0.5) is 23.3 Å². The van der Waals surface area contributed by atoms with Gasteiger partial charge in [-0.1, -0.05) is 12.1 Å². The third-order valence-corrected chi connectivity index (χ3v) is 3.19. The van der Waals surface area contributed by atoms with Crippen LogP contribution in [0.1, 0.15) is 17.0 Å². The van der Waals surface area contributed by atoms with Crippen LogP contribution >= 0.6 is 0 Å². The number of aromatic nitrogens is 2. The summed E-state index contributed by atoms with van der Waals surface area (Å²) >= 11 is 0. The highest BCUT2D eigenvalue weighted by Crippen LogP contribution is 2.33. The zero-order chi connectivity index (χ0) is 17.1. The number of nitrogens with zero attached hydrogens (tertiary/aromatic N) is 4. The highest BCUT2D eigenvalue weighted by atomic mass is 16.6. The van der Waals surface area contributed by atoms with Crippen LogP contribution in [0.3, 0.4) is 0 Å². The van der Waals surface area contributed by atoms with E-state index in [1.165, 1.54) is 24.3 Å². The largest absolute Gasteiger partial charge is 0.383 e. The van der Waals surface area contributed by atoms with Crippen LogP contribution in [0.2, 0.25) is 0 Å². The van der Waals surface area contributed by atoms with Crippen LogP contribution in [-0.4, -0.2) is 26.4 Å². The summed E-state index contributed by atoms with van der Waals surface area (Å²) in [5, 5.41) is 21.9. The quantitative estimate of drug-likeness (QED) is 0.521. The van der Waals surface area contributed by atoms with Gasteiger partial charge in [0.25, 0.3) is 5.69 Å². The Morgan fingerprint density at radius 1 is 1.09 bits per heavy atom. The second-order valence-electron chi connectivity index (χ2n) is 4.69. The molecule has 23 heavy (non-hydrogen) atoms. The summed E-state index contributed by atoms with van der Waals surface area (Å²) in [4.78, 5) is 28.2. The summed E-state index contributed by atoms with van der Waals surface area (Å²) in [6.45, 7) is -0.581. The zero-order valence-corrected chi connectivity index (χ0v) is 11.7. The van der Waals surface area contributed by atoms with E-state index in [2.05, 4.69) is 9.97 Å². The predicted molar refractivity (Wildman–Crippen MR) is 82.1 cm³/mol. The lowest BCUT2D eigenvalue weighted by Crippen LogP contribution is -2.19. The van der Waals surface area contributed by atoms with Gasteiger partial charge in [0, 0.05) is 17.1 Å². The summed E-state index contributed by atoms with van der Waals surface area (Å²) in [6, 6.07) is 5.43. The maximum atomic E-state index is 11.0. The van der Waals surface area contributed by atoms with Crippen molar-refractivity contribution >= 4 is 23.3 Å². The van der Waals surface area contributed by atoms with Gasteiger partial charge < -0.3 is 17.2 Å². The van der Waals surface area contributed by atoms with E-state index in [9.17, 15) is 20.2 Å². The molecule has 2 rings (SSSR count). The molecule has 1 heterocycles. The Balaban J connectivity index is 2.61. The molecule has 120 valence electrons. The van der Waals surface area contributed by atoms with Crippen molar-refractivity contribution in [1.82, 2.24) is 9.97 Å². The lowest BCUT2D eigenvalue weighted by molar-refractivity contribution is -0.481. The summed E-state index contributed by atoms with van der Waals surface area (Å²) in [7, 11) is 0. The molecule has 0 bridgehead atoms. The predicted octanol–water partition coefficient (Wildman–Crippen LogP) is 0.540. The molecule has 0 fully saturated rings. The van der Waals surface area contributed by atoms with Gasteiger partial charge in [-0.15, -0.1) is 0 Å². The van der Waals surface area contributed by atoms with Crippen molar-refractivity contribution in [2.75, 3.05) is 23.7 Å². The van der Waals surface area contributed by atoms with Gasteiger partial charge in [0.2, 0.25) is 12.5 Å². The second-order valence-corrected chi connectivity index (χ2v) is 4.69. The molecule has 0 radical (unpaired) electrons. The number of hydrogen-bond acceptors (Lipinski definition) is 9. The molecule has 0 amide bonds. The maximum Gasteiger partial charge on any atom is 0.269 e. The number of nitro groups is 2. The molecule has 0 saturated carbocycles. The fourth-order valence-electron chi connectivity index (χ4n) is 2.25. The smallest absolute Gasteiger partial charge is 0.269 e. The molecule has 1 aromatic carbocycles. The van der Waals surface area contributed by atoms with Crippen molar-refractivity contribution in [3.63, 3.8) is 0 Å². The van der Waals surface area contributed by atoms with E-state index in [1.807, 2.05) is 0 Å². The van der Waals surface area contributed by atoms with Crippen LogP contribution in [-0.2, 0) is 0 Å². The van der Waals surface area contributed by atoms with Crippen LogP contribution in [0, 0.1) is 20.2 Å². The number of nitrogen functional groups attached to an aromatic ring is 3. The minimum Gasteiger partial charge on any atom is -0.383 e. The minimum atomic E-state index is -0.939. The van der Waals surface area contributed by atoms with E-state index in [-0.39, 0.29) is 28.8 Å². The lowest BCUT2D eigenvalue weighted by atomic mass is 9.91. The fraction of sp³-hybridized carbons (Fsp3) is 0.167. The molecule has 2 aromatic rings. The van der Waals surface area contributed by atoms with Crippen LogP contribution in [0.15, 0.2) is 24.3 Å². The molecule has 0 aliphatic heterocycles. The van der Waals surface area contributed by atoms with Gasteiger partial charge in [0.05, 0.1) is 16.4 Å². The normalized spacial score (nSPS) is 11.8. The van der Waals surface area contributed by atoms with Crippen molar-refractivity contribution in [1.29, 1.82) is 0 Å². The summed E-state index contributed by atoms with van der Waals surface area (Å²) < 4.78 is 0. The third kappa shape index (κ3) is 3.40. The zero-order valence-electron chi connectivity index (χ0n) is 11.7. The van der Waals surface area contributed by atoms with Crippen molar-refractivity contribution in [3.05, 3.63) is 55.6 Å². The number of nitrogens with two attached hydrogens (primary N) is 3. The third-order valence-electron chi connectivity index (χ3n) is 3.19. The molecule has 1 unspecified atom stereocenters. The molecule has 0 aliphatic carbocycles. The van der Waals surface area contributed by atoms with Crippen LogP contribution in [0.25, 0.3) is 0 Å². The van der Waals surface area contributed by atoms with Crippen LogP contribution in [0.5, 0.6) is 0 Å². The van der Waals surface area contributed by atoms with E-state index >= 15 is 0 Å². The van der Waals surface area contributed by atoms with E-state index in [4.69, 9.17) is 17.2 Å². The van der Waals surface area contributed by atoms with Gasteiger partial charge in [-0.25, -0.2) is 0 Å². The fourth-order valence-corrected chi connectivity index (χ4v) is 2.25. The first-order valence-corrected chi connectivity index (χ1v) is 6.34. The first kappa shape index (κ1) is 15.9. The minimum absolute atomic E-state index is 0.103. The maximum absolute atomic E-state index is 11.0. The van der Waals surface area contributed by atoms with Crippen molar-refractivity contribution in [3.8, 4) is 0 Å². The number of hydrogen-bond donors (Lipinski definition) is 3. The highest BCUT2D eigenvalue weighted by molar-refractivity contribution is 5.60. The van der Waals surface area contributed by atoms with Gasteiger partial charge >= 0.3 is 0 Å². The average molecular weight is 319 g/mol. The van der Waals surface area contributed by atoms with Gasteiger partial charge in [0.15, 0.2) is 0 Å². The second kappa shape index (κ2) is 6.09. The number of non-ortho nitro benzene ring substituents is 1. The van der Waals surface area contributed by atoms with Crippen molar-refractivity contribution in [2.24, 2.45) is 0 Å². The summed E-state index contributed by atoms with van der Waals surface area (Å²) in [5.41, 5.74) is 17.2. The molecule has 11 nitrogen and oxygen atoms in total. The Morgan fingerprint density at radius 3 is 2.22 bits per heavy atom. The van der Waals surface area contributed by atoms with E-state index < -0.39 is 22.3 Å². The first-order valence-electron chi connectivity index (χ1n) is 6.34. The lowest BCUT2D eigenvalue weighted by Gasteiger charge is -2.17. The summed E-state index contributed by atoms with van der Waals surface area (Å²) in [6.07, 6.45) is 0. The molecule has 0 spiro atoms. The Hall–Kier alpha value is -3.50. The SMILES string of the molecule is Nc1nc(N)c(C(C[N+](=O)[O-])c2cccc([N+](=O)[O-])c2)c(N)n1. The summed E-state index contributed by atoms with van der Waals surface area (Å²) in [5.74, 6) is -1.31. The molecular formula is C12H13N7O4.